The second-order valence-corrected chi connectivity index (χ2v) is 10.9. The van der Waals surface area contributed by atoms with Crippen LogP contribution in [0.1, 0.15) is 42.7 Å². The number of halogens is 2. The van der Waals surface area contributed by atoms with Gasteiger partial charge in [-0.1, -0.05) is 35.9 Å². The van der Waals surface area contributed by atoms with E-state index in [-0.39, 0.29) is 0 Å². The van der Waals surface area contributed by atoms with E-state index in [2.05, 4.69) is 50.2 Å². The summed E-state index contributed by atoms with van der Waals surface area (Å²) in [6.07, 6.45) is 6.64. The number of hydrogen-bond acceptors (Lipinski definition) is 5. The molecule has 0 amide bonds. The topological polar surface area (TPSA) is 65.0 Å². The Hall–Kier alpha value is -2.32. The van der Waals surface area contributed by atoms with Crippen LogP contribution < -0.4 is 0 Å². The molecule has 1 saturated carbocycles. The van der Waals surface area contributed by atoms with Gasteiger partial charge in [-0.15, -0.1) is 11.3 Å². The fourth-order valence-corrected chi connectivity index (χ4v) is 6.34. The van der Waals surface area contributed by atoms with E-state index >= 15 is 0 Å². The molecule has 176 valence electrons. The first kappa shape index (κ1) is 22.2. The van der Waals surface area contributed by atoms with Gasteiger partial charge in [-0.3, -0.25) is 4.90 Å². The summed E-state index contributed by atoms with van der Waals surface area (Å²) in [5, 5.41) is 13.0. The lowest BCUT2D eigenvalue weighted by molar-refractivity contribution is -0.0389. The van der Waals surface area contributed by atoms with Crippen LogP contribution >= 0.6 is 22.9 Å². The molecular formula is C26H26ClFN4OS. The summed E-state index contributed by atoms with van der Waals surface area (Å²) in [7, 11) is 0. The van der Waals surface area contributed by atoms with E-state index in [0.717, 1.165) is 76.6 Å². The molecule has 4 aromatic rings. The van der Waals surface area contributed by atoms with Crippen LogP contribution in [0, 0.1) is 0 Å². The Morgan fingerprint density at radius 2 is 1.91 bits per heavy atom. The van der Waals surface area contributed by atoms with Crippen molar-refractivity contribution in [3.8, 4) is 21.7 Å². The fourth-order valence-electron chi connectivity index (χ4n) is 4.89. The summed E-state index contributed by atoms with van der Waals surface area (Å²) in [4.78, 5) is 15.7. The molecular weight excluding hydrogens is 471 g/mol. The van der Waals surface area contributed by atoms with Crippen LogP contribution in [0.3, 0.4) is 0 Å². The summed E-state index contributed by atoms with van der Waals surface area (Å²) < 4.78 is 13.4. The summed E-state index contributed by atoms with van der Waals surface area (Å²) in [6.45, 7) is 2.48. The summed E-state index contributed by atoms with van der Waals surface area (Å²) >= 11 is 8.10. The minimum Gasteiger partial charge on any atom is -0.383 e. The average molecular weight is 497 g/mol. The van der Waals surface area contributed by atoms with Crippen molar-refractivity contribution in [1.82, 2.24) is 19.9 Å². The Labute approximate surface area is 206 Å². The Kier molecular flexibility index (Phi) is 5.68. The highest BCUT2D eigenvalue weighted by molar-refractivity contribution is 7.15. The molecule has 5 nitrogen and oxygen atoms in total. The van der Waals surface area contributed by atoms with Crippen LogP contribution in [0.4, 0.5) is 4.39 Å². The smallest absolute Gasteiger partial charge is 0.138 e. The average Bonchev–Trinajstić information content (AvgIpc) is 3.47. The number of fused-ring (bicyclic) bond motifs is 1. The molecule has 8 heteroatoms. The molecule has 1 aromatic carbocycles. The summed E-state index contributed by atoms with van der Waals surface area (Å²) in [5.41, 5.74) is 4.15. The van der Waals surface area contributed by atoms with Crippen LogP contribution in [0.5, 0.6) is 0 Å². The molecule has 2 fully saturated rings. The highest BCUT2D eigenvalue weighted by Crippen LogP contribution is 2.46. The first-order valence-electron chi connectivity index (χ1n) is 11.8. The number of H-pyrrole nitrogens is 1. The molecule has 0 unspecified atom stereocenters. The van der Waals surface area contributed by atoms with Crippen molar-refractivity contribution in [3.05, 3.63) is 58.3 Å². The zero-order chi connectivity index (χ0) is 23.3. The van der Waals surface area contributed by atoms with E-state index in [4.69, 9.17) is 11.6 Å². The fraction of sp³-hybridized carbons (Fsp3) is 0.385. The van der Waals surface area contributed by atoms with Gasteiger partial charge in [-0.2, -0.15) is 0 Å². The maximum Gasteiger partial charge on any atom is 0.138 e. The SMILES string of the molecule is OC1(c2ncc(-c3c(Cl)cnc4[nH]c(-c5ccc(CN6CCC(F)CC6)cc5)cc34)s2)CCC1. The molecule has 0 radical (unpaired) electrons. The number of benzene rings is 1. The number of alkyl halides is 1. The van der Waals surface area contributed by atoms with Crippen molar-refractivity contribution >= 4 is 34.0 Å². The Balaban J connectivity index is 1.28. The Bertz CT molecular complexity index is 1320. The van der Waals surface area contributed by atoms with E-state index in [1.54, 1.807) is 6.20 Å². The van der Waals surface area contributed by atoms with Gasteiger partial charge in [0.15, 0.2) is 0 Å². The minimum absolute atomic E-state index is 0.571. The number of aromatic nitrogens is 3. The molecule has 0 atom stereocenters. The van der Waals surface area contributed by atoms with Crippen LogP contribution in [0.2, 0.25) is 5.02 Å². The third-order valence-corrected chi connectivity index (χ3v) is 8.63. The van der Waals surface area contributed by atoms with Crippen molar-refractivity contribution in [1.29, 1.82) is 0 Å². The molecule has 1 aliphatic carbocycles. The molecule has 0 spiro atoms. The normalized spacial score (nSPS) is 18.9. The van der Waals surface area contributed by atoms with Gasteiger partial charge in [0, 0.05) is 48.7 Å². The van der Waals surface area contributed by atoms with E-state index in [0.29, 0.717) is 17.9 Å². The van der Waals surface area contributed by atoms with Crippen LogP contribution in [0.15, 0.2) is 42.7 Å². The van der Waals surface area contributed by atoms with E-state index in [9.17, 15) is 9.50 Å². The molecule has 6 rings (SSSR count). The Morgan fingerprint density at radius 3 is 2.62 bits per heavy atom. The van der Waals surface area contributed by atoms with Crippen molar-refractivity contribution in [2.24, 2.45) is 0 Å². The van der Waals surface area contributed by atoms with Crippen molar-refractivity contribution in [2.45, 2.75) is 50.4 Å². The number of hydrogen-bond donors (Lipinski definition) is 2. The third kappa shape index (κ3) is 4.05. The zero-order valence-electron chi connectivity index (χ0n) is 18.7. The molecule has 1 saturated heterocycles. The number of nitrogens with zero attached hydrogens (tertiary/aromatic N) is 3. The van der Waals surface area contributed by atoms with E-state index in [1.165, 1.54) is 16.9 Å². The number of rotatable bonds is 5. The van der Waals surface area contributed by atoms with Gasteiger partial charge < -0.3 is 10.1 Å². The van der Waals surface area contributed by atoms with E-state index in [1.807, 2.05) is 6.20 Å². The second-order valence-electron chi connectivity index (χ2n) is 9.49. The first-order valence-corrected chi connectivity index (χ1v) is 13.0. The van der Waals surface area contributed by atoms with Crippen LogP contribution in [-0.2, 0) is 12.1 Å². The maximum absolute atomic E-state index is 13.4. The summed E-state index contributed by atoms with van der Waals surface area (Å²) in [6, 6.07) is 10.6. The number of likely N-dealkylation sites (tertiary alicyclic amines) is 1. The van der Waals surface area contributed by atoms with Crippen molar-refractivity contribution in [2.75, 3.05) is 13.1 Å². The standard InChI is InChI=1S/C26H26ClFN4OS/c27-20-13-29-24-19(23(20)22-14-30-25(34-22)26(33)8-1-9-26)12-21(31-24)17-4-2-16(3-5-17)15-32-10-6-18(28)7-11-32/h2-5,12-14,18,33H,1,6-11,15H2,(H,29,31). The largest absolute Gasteiger partial charge is 0.383 e. The molecule has 4 heterocycles. The highest BCUT2D eigenvalue weighted by Gasteiger charge is 2.39. The predicted molar refractivity (Wildman–Crippen MR) is 135 cm³/mol. The lowest BCUT2D eigenvalue weighted by atomic mass is 9.81. The zero-order valence-corrected chi connectivity index (χ0v) is 20.3. The van der Waals surface area contributed by atoms with Gasteiger partial charge in [0.2, 0.25) is 0 Å². The predicted octanol–water partition coefficient (Wildman–Crippen LogP) is 6.31. The monoisotopic (exact) mass is 496 g/mol. The second kappa shape index (κ2) is 8.72. The summed E-state index contributed by atoms with van der Waals surface area (Å²) in [5.74, 6) is 0. The van der Waals surface area contributed by atoms with Gasteiger partial charge in [-0.05, 0) is 49.3 Å². The van der Waals surface area contributed by atoms with Gasteiger partial charge in [0.1, 0.15) is 22.4 Å². The molecule has 1 aliphatic heterocycles. The number of aromatic amines is 1. The lowest BCUT2D eigenvalue weighted by Crippen LogP contribution is -2.33. The number of nitrogens with one attached hydrogen (secondary N) is 1. The van der Waals surface area contributed by atoms with Gasteiger partial charge >= 0.3 is 0 Å². The highest BCUT2D eigenvalue weighted by atomic mass is 35.5. The lowest BCUT2D eigenvalue weighted by Gasteiger charge is -2.34. The molecule has 2 aliphatic rings. The number of thiazole rings is 1. The number of aliphatic hydroxyl groups is 1. The van der Waals surface area contributed by atoms with Gasteiger partial charge in [-0.25, -0.2) is 14.4 Å². The number of piperidine rings is 1. The maximum atomic E-state index is 13.4. The molecule has 3 aromatic heterocycles. The van der Waals surface area contributed by atoms with Crippen molar-refractivity contribution in [3.63, 3.8) is 0 Å². The Morgan fingerprint density at radius 1 is 1.15 bits per heavy atom. The third-order valence-electron chi connectivity index (χ3n) is 7.13. The van der Waals surface area contributed by atoms with Crippen LogP contribution in [-0.4, -0.2) is 44.2 Å². The van der Waals surface area contributed by atoms with Gasteiger partial charge in [0.05, 0.1) is 9.90 Å². The van der Waals surface area contributed by atoms with Gasteiger partial charge in [0.25, 0.3) is 0 Å². The quantitative estimate of drug-likeness (QED) is 0.339. The molecule has 0 bridgehead atoms. The van der Waals surface area contributed by atoms with Crippen molar-refractivity contribution < 1.29 is 9.50 Å². The molecule has 34 heavy (non-hydrogen) atoms. The van der Waals surface area contributed by atoms with E-state index < -0.39 is 11.8 Å². The first-order chi connectivity index (χ1) is 16.5. The number of pyridine rings is 1. The minimum atomic E-state index is -0.783. The van der Waals surface area contributed by atoms with Crippen LogP contribution in [0.25, 0.3) is 32.7 Å². The molecule has 2 N–H and O–H groups in total.